The van der Waals surface area contributed by atoms with Crippen LogP contribution in [0.5, 0.6) is 5.75 Å². The highest BCUT2D eigenvalue weighted by atomic mass is 35.5. The summed E-state index contributed by atoms with van der Waals surface area (Å²) in [5, 5.41) is 0.712. The summed E-state index contributed by atoms with van der Waals surface area (Å²) in [7, 11) is 1.65. The van der Waals surface area contributed by atoms with Crippen molar-refractivity contribution >= 4 is 11.6 Å². The summed E-state index contributed by atoms with van der Waals surface area (Å²) >= 11 is 6.10. The number of nitrogens with two attached hydrogens (primary N) is 1. The van der Waals surface area contributed by atoms with E-state index in [2.05, 4.69) is 4.84 Å². The Morgan fingerprint density at radius 3 is 2.53 bits per heavy atom. The van der Waals surface area contributed by atoms with Gasteiger partial charge in [-0.25, -0.2) is 5.90 Å². The predicted octanol–water partition coefficient (Wildman–Crippen LogP) is 2.40. The molecule has 0 heterocycles. The van der Waals surface area contributed by atoms with E-state index < -0.39 is 0 Å². The summed E-state index contributed by atoms with van der Waals surface area (Å²) in [6.45, 7) is 4.43. The molecule has 0 aliphatic heterocycles. The normalized spacial score (nSPS) is 10.5. The first-order valence-corrected chi connectivity index (χ1v) is 5.13. The van der Waals surface area contributed by atoms with Crippen molar-refractivity contribution in [1.29, 1.82) is 0 Å². The first-order valence-electron chi connectivity index (χ1n) is 4.76. The molecule has 1 aromatic rings. The average Bonchev–Trinajstić information content (AvgIpc) is 2.22. The molecule has 0 atom stereocenters. The predicted molar refractivity (Wildman–Crippen MR) is 61.3 cm³/mol. The minimum Gasteiger partial charge on any atom is -0.496 e. The standard InChI is InChI=1S/C11H16ClNO2/c1-7-9(4-5-15-13)6-10(12)8(2)11(7)14-3/h6H,4-5,13H2,1-3H3. The maximum absolute atomic E-state index is 6.10. The van der Waals surface area contributed by atoms with Gasteiger partial charge in [0.05, 0.1) is 13.7 Å². The molecule has 0 aromatic heterocycles. The van der Waals surface area contributed by atoms with Gasteiger partial charge >= 0.3 is 0 Å². The van der Waals surface area contributed by atoms with Gasteiger partial charge in [-0.3, -0.25) is 0 Å². The van der Waals surface area contributed by atoms with E-state index in [1.807, 2.05) is 19.9 Å². The van der Waals surface area contributed by atoms with Gasteiger partial charge in [-0.15, -0.1) is 0 Å². The van der Waals surface area contributed by atoms with Gasteiger partial charge in [0.25, 0.3) is 0 Å². The molecule has 1 aromatic carbocycles. The van der Waals surface area contributed by atoms with Crippen molar-refractivity contribution in [3.63, 3.8) is 0 Å². The van der Waals surface area contributed by atoms with Crippen molar-refractivity contribution in [3.8, 4) is 5.75 Å². The average molecular weight is 230 g/mol. The van der Waals surface area contributed by atoms with Crippen LogP contribution in [-0.2, 0) is 11.3 Å². The fourth-order valence-electron chi connectivity index (χ4n) is 1.64. The Hall–Kier alpha value is -0.770. The zero-order valence-electron chi connectivity index (χ0n) is 9.26. The van der Waals surface area contributed by atoms with Gasteiger partial charge in [0.15, 0.2) is 0 Å². The van der Waals surface area contributed by atoms with Crippen LogP contribution in [0.4, 0.5) is 0 Å². The van der Waals surface area contributed by atoms with E-state index in [9.17, 15) is 0 Å². The summed E-state index contributed by atoms with van der Waals surface area (Å²) in [4.78, 5) is 4.56. The number of halogens is 1. The molecule has 0 saturated carbocycles. The van der Waals surface area contributed by atoms with Crippen LogP contribution in [0.25, 0.3) is 0 Å². The van der Waals surface area contributed by atoms with Crippen LogP contribution in [0.2, 0.25) is 5.02 Å². The smallest absolute Gasteiger partial charge is 0.126 e. The molecule has 0 fully saturated rings. The Kier molecular flexibility index (Phi) is 4.39. The lowest BCUT2D eigenvalue weighted by atomic mass is 10.0. The van der Waals surface area contributed by atoms with E-state index in [0.29, 0.717) is 11.6 Å². The molecule has 84 valence electrons. The molecular formula is C11H16ClNO2. The van der Waals surface area contributed by atoms with Crippen LogP contribution in [0.15, 0.2) is 6.07 Å². The quantitative estimate of drug-likeness (QED) is 0.807. The van der Waals surface area contributed by atoms with Gasteiger partial charge in [-0.05, 0) is 37.5 Å². The van der Waals surface area contributed by atoms with Crippen molar-refractivity contribution in [3.05, 3.63) is 27.8 Å². The first kappa shape index (κ1) is 12.3. The molecule has 0 aliphatic carbocycles. The fourth-order valence-corrected chi connectivity index (χ4v) is 1.86. The van der Waals surface area contributed by atoms with Crippen LogP contribution in [0, 0.1) is 13.8 Å². The third kappa shape index (κ3) is 2.62. The number of hydrogen-bond acceptors (Lipinski definition) is 3. The zero-order valence-corrected chi connectivity index (χ0v) is 10.0. The number of rotatable bonds is 4. The first-order chi connectivity index (χ1) is 7.11. The summed E-state index contributed by atoms with van der Waals surface area (Å²) < 4.78 is 5.32. The van der Waals surface area contributed by atoms with E-state index in [-0.39, 0.29) is 0 Å². The number of hydrogen-bond donors (Lipinski definition) is 1. The Morgan fingerprint density at radius 2 is 2.00 bits per heavy atom. The maximum Gasteiger partial charge on any atom is 0.126 e. The van der Waals surface area contributed by atoms with Gasteiger partial charge in [0.1, 0.15) is 5.75 Å². The summed E-state index contributed by atoms with van der Waals surface area (Å²) in [5.74, 6) is 5.84. The lowest BCUT2D eigenvalue weighted by Crippen LogP contribution is -2.06. The molecule has 0 aliphatic rings. The van der Waals surface area contributed by atoms with Crippen molar-refractivity contribution < 1.29 is 9.57 Å². The molecule has 15 heavy (non-hydrogen) atoms. The second-order valence-corrected chi connectivity index (χ2v) is 3.83. The van der Waals surface area contributed by atoms with Crippen LogP contribution < -0.4 is 10.6 Å². The number of ether oxygens (including phenoxy) is 1. The monoisotopic (exact) mass is 229 g/mol. The second kappa shape index (κ2) is 5.35. The van der Waals surface area contributed by atoms with Crippen molar-refractivity contribution in [1.82, 2.24) is 0 Å². The van der Waals surface area contributed by atoms with E-state index in [4.69, 9.17) is 22.2 Å². The third-order valence-corrected chi connectivity index (χ3v) is 2.91. The molecule has 0 unspecified atom stereocenters. The Labute approximate surface area is 95.1 Å². The van der Waals surface area contributed by atoms with E-state index in [1.54, 1.807) is 7.11 Å². The molecule has 1 rings (SSSR count). The number of methoxy groups -OCH3 is 1. The molecule has 0 spiro atoms. The molecule has 4 heteroatoms. The van der Waals surface area contributed by atoms with E-state index >= 15 is 0 Å². The van der Waals surface area contributed by atoms with Crippen LogP contribution >= 0.6 is 11.6 Å². The highest BCUT2D eigenvalue weighted by Crippen LogP contribution is 2.32. The van der Waals surface area contributed by atoms with Crippen molar-refractivity contribution in [2.75, 3.05) is 13.7 Å². The van der Waals surface area contributed by atoms with Crippen LogP contribution in [0.3, 0.4) is 0 Å². The topological polar surface area (TPSA) is 44.5 Å². The Balaban J connectivity index is 3.12. The molecule has 2 N–H and O–H groups in total. The molecular weight excluding hydrogens is 214 g/mol. The largest absolute Gasteiger partial charge is 0.496 e. The minimum absolute atomic E-state index is 0.476. The van der Waals surface area contributed by atoms with Crippen LogP contribution in [-0.4, -0.2) is 13.7 Å². The minimum atomic E-state index is 0.476. The Bertz CT molecular complexity index is 353. The molecule has 3 nitrogen and oxygen atoms in total. The summed E-state index contributed by atoms with van der Waals surface area (Å²) in [6, 6.07) is 1.94. The molecule has 0 amide bonds. The highest BCUT2D eigenvalue weighted by Gasteiger charge is 2.11. The molecule has 0 bridgehead atoms. The highest BCUT2D eigenvalue weighted by molar-refractivity contribution is 6.31. The van der Waals surface area contributed by atoms with Crippen LogP contribution in [0.1, 0.15) is 16.7 Å². The summed E-state index contributed by atoms with van der Waals surface area (Å²) in [5.41, 5.74) is 3.17. The van der Waals surface area contributed by atoms with Gasteiger partial charge < -0.3 is 9.57 Å². The third-order valence-electron chi connectivity index (χ3n) is 2.52. The van der Waals surface area contributed by atoms with E-state index in [1.165, 1.54) is 0 Å². The van der Waals surface area contributed by atoms with Gasteiger partial charge in [-0.1, -0.05) is 11.6 Å². The van der Waals surface area contributed by atoms with Gasteiger partial charge in [0, 0.05) is 10.6 Å². The lowest BCUT2D eigenvalue weighted by molar-refractivity contribution is 0.141. The lowest BCUT2D eigenvalue weighted by Gasteiger charge is -2.14. The van der Waals surface area contributed by atoms with E-state index in [0.717, 1.165) is 28.9 Å². The number of benzene rings is 1. The van der Waals surface area contributed by atoms with Crippen molar-refractivity contribution in [2.45, 2.75) is 20.3 Å². The SMILES string of the molecule is COc1c(C)c(Cl)cc(CCON)c1C. The summed E-state index contributed by atoms with van der Waals surface area (Å²) in [6.07, 6.45) is 0.735. The second-order valence-electron chi connectivity index (χ2n) is 3.42. The maximum atomic E-state index is 6.10. The van der Waals surface area contributed by atoms with Crippen molar-refractivity contribution in [2.24, 2.45) is 5.90 Å². The zero-order chi connectivity index (χ0) is 11.4. The molecule has 0 radical (unpaired) electrons. The van der Waals surface area contributed by atoms with Gasteiger partial charge in [0.2, 0.25) is 0 Å². The molecule has 0 saturated heterocycles. The fraction of sp³-hybridized carbons (Fsp3) is 0.455. The Morgan fingerprint density at radius 1 is 1.33 bits per heavy atom. The van der Waals surface area contributed by atoms with Gasteiger partial charge in [-0.2, -0.15) is 0 Å².